The van der Waals surface area contributed by atoms with E-state index in [0.29, 0.717) is 6.42 Å². The first-order valence-electron chi connectivity index (χ1n) is 23.5. The van der Waals surface area contributed by atoms with Crippen molar-refractivity contribution in [1.29, 1.82) is 0 Å². The van der Waals surface area contributed by atoms with Crippen LogP contribution in [0.1, 0.15) is 219 Å². The zero-order valence-corrected chi connectivity index (χ0v) is 37.7. The van der Waals surface area contributed by atoms with Gasteiger partial charge in [0.05, 0.1) is 13.2 Å². The fraction of sp³-hybridized carbons (Fsp3) is 0.830. The molecule has 0 aliphatic heterocycles. The number of aliphatic hydroxyl groups excluding tert-OH is 1. The van der Waals surface area contributed by atoms with Gasteiger partial charge in [0.2, 0.25) is 5.91 Å². The quantitative estimate of drug-likeness (QED) is 0.0239. The van der Waals surface area contributed by atoms with Crippen molar-refractivity contribution in [2.75, 3.05) is 26.4 Å². The number of nitrogens with one attached hydrogen (secondary N) is 1. The smallest absolute Gasteiger partial charge is 0.463 e. The average Bonchev–Trinajstić information content (AvgIpc) is 3.20. The second-order valence-corrected chi connectivity index (χ2v) is 17.2. The standard InChI is InChI=1S/C47H88NO8P/c1-3-5-7-9-11-13-15-17-19-21-22-24-25-27-29-31-33-35-37-39-46(50)48-41-42-55-57(52,53)56-44-45(49)43-54-47(51)40-38-36-34-32-30-28-26-23-20-18-16-14-12-10-8-6-4-2/h6,8,12,14,18,20,45,49H,3-5,7,9-11,13,15-17,19,21-44H2,1-2H3,(H,48,50)(H,52,53)/b8-6-,14-12-,20-18-. The molecule has 0 heterocycles. The van der Waals surface area contributed by atoms with Crippen molar-refractivity contribution in [3.63, 3.8) is 0 Å². The molecule has 334 valence electrons. The van der Waals surface area contributed by atoms with Crippen LogP contribution >= 0.6 is 7.82 Å². The van der Waals surface area contributed by atoms with Crippen LogP contribution < -0.4 is 5.32 Å². The molecule has 2 atom stereocenters. The van der Waals surface area contributed by atoms with E-state index in [9.17, 15) is 24.2 Å². The number of allylic oxidation sites excluding steroid dienone is 6. The van der Waals surface area contributed by atoms with Gasteiger partial charge in [-0.3, -0.25) is 18.6 Å². The Hall–Kier alpha value is -1.77. The van der Waals surface area contributed by atoms with Gasteiger partial charge in [-0.2, -0.15) is 0 Å². The molecule has 0 aliphatic carbocycles. The third-order valence-electron chi connectivity index (χ3n) is 10.1. The molecule has 0 aromatic rings. The van der Waals surface area contributed by atoms with Crippen LogP contribution in [0.4, 0.5) is 0 Å². The Morgan fingerprint density at radius 1 is 0.561 bits per heavy atom. The van der Waals surface area contributed by atoms with E-state index in [1.165, 1.54) is 122 Å². The Bertz CT molecular complexity index is 1030. The Labute approximate surface area is 350 Å². The predicted molar refractivity (Wildman–Crippen MR) is 238 cm³/mol. The second-order valence-electron chi connectivity index (χ2n) is 15.7. The Morgan fingerprint density at radius 2 is 1.00 bits per heavy atom. The molecule has 9 nitrogen and oxygen atoms in total. The summed E-state index contributed by atoms with van der Waals surface area (Å²) in [5.41, 5.74) is 0. The number of carbonyl (C=O) groups is 2. The molecular formula is C47H88NO8P. The molecule has 10 heteroatoms. The lowest BCUT2D eigenvalue weighted by molar-refractivity contribution is -0.147. The maximum atomic E-state index is 12.1. The lowest BCUT2D eigenvalue weighted by Gasteiger charge is -2.15. The summed E-state index contributed by atoms with van der Waals surface area (Å²) in [6.45, 7) is 3.46. The van der Waals surface area contributed by atoms with Gasteiger partial charge in [-0.25, -0.2) is 4.57 Å². The summed E-state index contributed by atoms with van der Waals surface area (Å²) in [6.07, 6.45) is 49.3. The maximum absolute atomic E-state index is 12.1. The molecule has 1 amide bonds. The van der Waals surface area contributed by atoms with Crippen LogP contribution in [0.3, 0.4) is 0 Å². The first-order chi connectivity index (χ1) is 27.8. The third-order valence-corrected chi connectivity index (χ3v) is 11.1. The summed E-state index contributed by atoms with van der Waals surface area (Å²) in [5, 5.41) is 12.7. The number of amides is 1. The van der Waals surface area contributed by atoms with Crippen molar-refractivity contribution in [3.8, 4) is 0 Å². The van der Waals surface area contributed by atoms with Gasteiger partial charge < -0.3 is 20.1 Å². The summed E-state index contributed by atoms with van der Waals surface area (Å²) in [4.78, 5) is 34.0. The van der Waals surface area contributed by atoms with Crippen molar-refractivity contribution in [2.24, 2.45) is 0 Å². The van der Waals surface area contributed by atoms with Crippen molar-refractivity contribution in [3.05, 3.63) is 36.5 Å². The maximum Gasteiger partial charge on any atom is 0.472 e. The summed E-state index contributed by atoms with van der Waals surface area (Å²) >= 11 is 0. The van der Waals surface area contributed by atoms with Crippen LogP contribution in [0.2, 0.25) is 0 Å². The van der Waals surface area contributed by atoms with Crippen LogP contribution in [0.25, 0.3) is 0 Å². The van der Waals surface area contributed by atoms with Crippen molar-refractivity contribution < 1.29 is 37.9 Å². The number of hydrogen-bond donors (Lipinski definition) is 3. The molecule has 0 radical (unpaired) electrons. The van der Waals surface area contributed by atoms with Gasteiger partial charge in [0.25, 0.3) is 0 Å². The highest BCUT2D eigenvalue weighted by atomic mass is 31.2. The van der Waals surface area contributed by atoms with E-state index >= 15 is 0 Å². The van der Waals surface area contributed by atoms with Crippen LogP contribution in [0.15, 0.2) is 36.5 Å². The number of aliphatic hydroxyl groups is 1. The molecule has 0 fully saturated rings. The fourth-order valence-electron chi connectivity index (χ4n) is 6.57. The summed E-state index contributed by atoms with van der Waals surface area (Å²) in [6, 6.07) is 0. The van der Waals surface area contributed by atoms with Crippen LogP contribution in [0.5, 0.6) is 0 Å². The first kappa shape index (κ1) is 55.2. The van der Waals surface area contributed by atoms with Crippen molar-refractivity contribution in [1.82, 2.24) is 5.32 Å². The number of phosphoric acid groups is 1. The monoisotopic (exact) mass is 826 g/mol. The summed E-state index contributed by atoms with van der Waals surface area (Å²) < 4.78 is 26.9. The third kappa shape index (κ3) is 45.2. The number of phosphoric ester groups is 1. The molecule has 0 bridgehead atoms. The summed E-state index contributed by atoms with van der Waals surface area (Å²) in [5.74, 6) is -0.520. The SMILES string of the molecule is CC/C=C\C/C=C\C/C=C\CCCCCCCCCC(=O)OCC(O)COP(=O)(O)OCCNC(=O)CCCCCCCCCCCCCCCCCCCCC. The average molecular weight is 826 g/mol. The van der Waals surface area contributed by atoms with E-state index in [1.807, 2.05) is 0 Å². The first-order valence-corrected chi connectivity index (χ1v) is 25.0. The zero-order chi connectivity index (χ0) is 41.8. The van der Waals surface area contributed by atoms with Gasteiger partial charge in [-0.05, 0) is 44.9 Å². The van der Waals surface area contributed by atoms with Gasteiger partial charge in [-0.1, -0.05) is 198 Å². The van der Waals surface area contributed by atoms with E-state index in [1.54, 1.807) is 0 Å². The fourth-order valence-corrected chi connectivity index (χ4v) is 7.33. The van der Waals surface area contributed by atoms with Gasteiger partial charge in [0, 0.05) is 19.4 Å². The van der Waals surface area contributed by atoms with Crippen LogP contribution in [-0.4, -0.2) is 54.3 Å². The molecule has 3 N–H and O–H groups in total. The molecule has 0 spiro atoms. The minimum Gasteiger partial charge on any atom is -0.463 e. The largest absolute Gasteiger partial charge is 0.472 e. The number of rotatable bonds is 44. The number of esters is 1. The van der Waals surface area contributed by atoms with Crippen molar-refractivity contribution in [2.45, 2.75) is 225 Å². The van der Waals surface area contributed by atoms with Gasteiger partial charge >= 0.3 is 13.8 Å². The normalized spacial score (nSPS) is 13.5. The van der Waals surface area contributed by atoms with Crippen LogP contribution in [0, 0.1) is 0 Å². The van der Waals surface area contributed by atoms with Crippen LogP contribution in [-0.2, 0) is 27.9 Å². The zero-order valence-electron chi connectivity index (χ0n) is 36.8. The van der Waals surface area contributed by atoms with Gasteiger partial charge in [0.1, 0.15) is 12.7 Å². The minimum absolute atomic E-state index is 0.0831. The summed E-state index contributed by atoms with van der Waals surface area (Å²) in [7, 11) is -4.42. The van der Waals surface area contributed by atoms with Crippen molar-refractivity contribution >= 4 is 19.7 Å². The highest BCUT2D eigenvalue weighted by Gasteiger charge is 2.23. The highest BCUT2D eigenvalue weighted by Crippen LogP contribution is 2.42. The number of hydrogen-bond acceptors (Lipinski definition) is 7. The minimum atomic E-state index is -4.42. The van der Waals surface area contributed by atoms with Gasteiger partial charge in [-0.15, -0.1) is 0 Å². The number of ether oxygens (including phenoxy) is 1. The molecule has 0 aromatic carbocycles. The lowest BCUT2D eigenvalue weighted by Crippen LogP contribution is -2.27. The topological polar surface area (TPSA) is 131 Å². The molecule has 57 heavy (non-hydrogen) atoms. The molecule has 2 unspecified atom stereocenters. The highest BCUT2D eigenvalue weighted by molar-refractivity contribution is 7.47. The Morgan fingerprint density at radius 3 is 1.51 bits per heavy atom. The van der Waals surface area contributed by atoms with E-state index in [0.717, 1.165) is 70.6 Å². The molecule has 0 rings (SSSR count). The molecule has 0 aliphatic rings. The molecule has 0 saturated heterocycles. The number of unbranched alkanes of at least 4 members (excludes halogenated alkanes) is 25. The number of carbonyl (C=O) groups excluding carboxylic acids is 2. The van der Waals surface area contributed by atoms with E-state index in [4.69, 9.17) is 13.8 Å². The van der Waals surface area contributed by atoms with E-state index in [2.05, 4.69) is 55.6 Å². The Kier molecular flexibility index (Phi) is 42.4. The van der Waals surface area contributed by atoms with E-state index < -0.39 is 26.5 Å². The lowest BCUT2D eigenvalue weighted by atomic mass is 10.0. The molecule has 0 aromatic heterocycles. The second kappa shape index (κ2) is 43.8. The Balaban J connectivity index is 3.56. The van der Waals surface area contributed by atoms with Gasteiger partial charge in [0.15, 0.2) is 0 Å². The predicted octanol–water partition coefficient (Wildman–Crippen LogP) is 13.3. The molecular weight excluding hydrogens is 737 g/mol. The molecule has 0 saturated carbocycles. The van der Waals surface area contributed by atoms with E-state index in [-0.39, 0.29) is 32.1 Å².